The van der Waals surface area contributed by atoms with Crippen molar-refractivity contribution >= 4 is 38.8 Å². The van der Waals surface area contributed by atoms with Crippen LogP contribution in [0.5, 0.6) is 0 Å². The monoisotopic (exact) mass is 389 g/mol. The van der Waals surface area contributed by atoms with Gasteiger partial charge in [0.2, 0.25) is 5.91 Å². The molecule has 28 heavy (non-hydrogen) atoms. The van der Waals surface area contributed by atoms with Crippen molar-refractivity contribution in [1.82, 2.24) is 4.98 Å². The molecule has 1 aliphatic rings. The van der Waals surface area contributed by atoms with Gasteiger partial charge in [0.15, 0.2) is 10.8 Å². The molecule has 0 bridgehead atoms. The molecule has 2 aromatic heterocycles. The third kappa shape index (κ3) is 3.39. The minimum atomic E-state index is 0.0948. The normalized spacial score (nSPS) is 13.8. The zero-order valence-corrected chi connectivity index (χ0v) is 16.0. The molecule has 3 heterocycles. The summed E-state index contributed by atoms with van der Waals surface area (Å²) in [6.45, 7) is 0.593. The highest BCUT2D eigenvalue weighted by Gasteiger charge is 2.14. The van der Waals surface area contributed by atoms with Crippen molar-refractivity contribution in [3.8, 4) is 10.8 Å². The molecule has 0 saturated heterocycles. The van der Waals surface area contributed by atoms with Crippen LogP contribution in [0.1, 0.15) is 24.2 Å². The van der Waals surface area contributed by atoms with E-state index in [2.05, 4.69) is 27.8 Å². The van der Waals surface area contributed by atoms with E-state index in [-0.39, 0.29) is 5.91 Å². The van der Waals surface area contributed by atoms with E-state index >= 15 is 0 Å². The Bertz CT molecular complexity index is 1130. The Balaban J connectivity index is 1.30. The third-order valence-corrected chi connectivity index (χ3v) is 5.91. The number of carbonyl (C=O) groups excluding carboxylic acids is 1. The number of nitrogens with zero attached hydrogens (tertiary/aromatic N) is 1. The Hall–Kier alpha value is -3.12. The molecule has 0 radical (unpaired) electrons. The molecule has 4 aromatic rings. The zero-order chi connectivity index (χ0) is 18.9. The lowest BCUT2D eigenvalue weighted by Crippen LogP contribution is -2.09. The first-order valence-electron chi connectivity index (χ1n) is 9.36. The molecular weight excluding hydrogens is 370 g/mol. The molecule has 0 saturated carbocycles. The van der Waals surface area contributed by atoms with Gasteiger partial charge in [-0.15, -0.1) is 11.3 Å². The summed E-state index contributed by atoms with van der Waals surface area (Å²) in [6, 6.07) is 18.1. The minimum Gasteiger partial charge on any atom is -0.457 e. The summed E-state index contributed by atoms with van der Waals surface area (Å²) in [5, 5.41) is 7.27. The Morgan fingerprint density at radius 3 is 2.96 bits per heavy atom. The maximum atomic E-state index is 11.7. The van der Waals surface area contributed by atoms with Crippen LogP contribution < -0.4 is 10.6 Å². The standard InChI is InChI=1S/C22H19N3O2S/c26-21-7-3-4-14-12-15(8-10-17(14)24-21)23-13-16-9-11-19(27-16)22-25-18-5-1-2-6-20(18)28-22/h1-2,5-6,8-12,23H,3-4,7,13H2,(H,24,26). The number of aryl methyl sites for hydroxylation is 1. The minimum absolute atomic E-state index is 0.0948. The van der Waals surface area contributed by atoms with Crippen LogP contribution in [0.2, 0.25) is 0 Å². The van der Waals surface area contributed by atoms with Gasteiger partial charge in [-0.2, -0.15) is 0 Å². The van der Waals surface area contributed by atoms with Gasteiger partial charge in [-0.1, -0.05) is 12.1 Å². The predicted molar refractivity (Wildman–Crippen MR) is 113 cm³/mol. The molecule has 1 amide bonds. The highest BCUT2D eigenvalue weighted by Crippen LogP contribution is 2.31. The largest absolute Gasteiger partial charge is 0.457 e. The van der Waals surface area contributed by atoms with Crippen LogP contribution >= 0.6 is 11.3 Å². The topological polar surface area (TPSA) is 67.2 Å². The fraction of sp³-hybridized carbons (Fsp3) is 0.182. The van der Waals surface area contributed by atoms with E-state index in [0.717, 1.165) is 51.0 Å². The van der Waals surface area contributed by atoms with Crippen molar-refractivity contribution in [2.75, 3.05) is 10.6 Å². The molecule has 140 valence electrons. The van der Waals surface area contributed by atoms with E-state index in [4.69, 9.17) is 4.42 Å². The first-order valence-corrected chi connectivity index (χ1v) is 10.2. The summed E-state index contributed by atoms with van der Waals surface area (Å²) in [5.41, 5.74) is 4.11. The smallest absolute Gasteiger partial charge is 0.224 e. The average Bonchev–Trinajstić information content (AvgIpc) is 3.30. The van der Waals surface area contributed by atoms with Gasteiger partial charge >= 0.3 is 0 Å². The molecular formula is C22H19N3O2S. The van der Waals surface area contributed by atoms with Gasteiger partial charge in [-0.3, -0.25) is 4.79 Å². The zero-order valence-electron chi connectivity index (χ0n) is 15.2. The molecule has 1 aliphatic heterocycles. The number of carbonyl (C=O) groups is 1. The van der Waals surface area contributed by atoms with Crippen molar-refractivity contribution in [3.05, 3.63) is 65.9 Å². The number of para-hydroxylation sites is 1. The number of anilines is 2. The second-order valence-electron chi connectivity index (χ2n) is 6.88. The quantitative estimate of drug-likeness (QED) is 0.487. The predicted octanol–water partition coefficient (Wildman–Crippen LogP) is 5.44. The number of aromatic nitrogens is 1. The lowest BCUT2D eigenvalue weighted by atomic mass is 10.1. The Morgan fingerprint density at radius 1 is 1.11 bits per heavy atom. The molecule has 0 aliphatic carbocycles. The number of benzene rings is 2. The number of hydrogen-bond acceptors (Lipinski definition) is 5. The van der Waals surface area contributed by atoms with E-state index in [1.807, 2.05) is 42.5 Å². The molecule has 0 atom stereocenters. The van der Waals surface area contributed by atoms with Gasteiger partial charge in [-0.25, -0.2) is 4.98 Å². The molecule has 0 fully saturated rings. The fourth-order valence-electron chi connectivity index (χ4n) is 3.44. The Kier molecular flexibility index (Phi) is 4.33. The van der Waals surface area contributed by atoms with Gasteiger partial charge in [0.05, 0.1) is 16.8 Å². The Labute approximate surface area is 166 Å². The van der Waals surface area contributed by atoms with Crippen LogP contribution in [-0.4, -0.2) is 10.9 Å². The number of furan rings is 1. The maximum Gasteiger partial charge on any atom is 0.224 e. The molecule has 6 heteroatoms. The fourth-order valence-corrected chi connectivity index (χ4v) is 4.37. The molecule has 5 nitrogen and oxygen atoms in total. The van der Waals surface area contributed by atoms with Gasteiger partial charge in [0.25, 0.3) is 0 Å². The molecule has 5 rings (SSSR count). The van der Waals surface area contributed by atoms with E-state index in [0.29, 0.717) is 13.0 Å². The van der Waals surface area contributed by atoms with Crippen LogP contribution in [0, 0.1) is 0 Å². The highest BCUT2D eigenvalue weighted by molar-refractivity contribution is 7.21. The lowest BCUT2D eigenvalue weighted by molar-refractivity contribution is -0.116. The number of thiazole rings is 1. The second kappa shape index (κ2) is 7.13. The van der Waals surface area contributed by atoms with Crippen molar-refractivity contribution in [3.63, 3.8) is 0 Å². The van der Waals surface area contributed by atoms with E-state index in [9.17, 15) is 4.79 Å². The highest BCUT2D eigenvalue weighted by atomic mass is 32.1. The van der Waals surface area contributed by atoms with E-state index in [1.54, 1.807) is 11.3 Å². The third-order valence-electron chi connectivity index (χ3n) is 4.86. The van der Waals surface area contributed by atoms with Crippen molar-refractivity contribution in [2.24, 2.45) is 0 Å². The summed E-state index contributed by atoms with van der Waals surface area (Å²) in [7, 11) is 0. The lowest BCUT2D eigenvalue weighted by Gasteiger charge is -2.10. The summed E-state index contributed by atoms with van der Waals surface area (Å²) < 4.78 is 7.15. The second-order valence-corrected chi connectivity index (χ2v) is 7.91. The van der Waals surface area contributed by atoms with Crippen molar-refractivity contribution in [2.45, 2.75) is 25.8 Å². The summed E-state index contributed by atoms with van der Waals surface area (Å²) >= 11 is 1.64. The molecule has 2 aromatic carbocycles. The van der Waals surface area contributed by atoms with Crippen LogP contribution in [0.15, 0.2) is 59.0 Å². The van der Waals surface area contributed by atoms with Crippen LogP contribution in [0.3, 0.4) is 0 Å². The summed E-state index contributed by atoms with van der Waals surface area (Å²) in [5.74, 6) is 1.75. The number of fused-ring (bicyclic) bond motifs is 2. The molecule has 0 unspecified atom stereocenters. The number of rotatable bonds is 4. The molecule has 0 spiro atoms. The average molecular weight is 389 g/mol. The number of amides is 1. The van der Waals surface area contributed by atoms with E-state index in [1.165, 1.54) is 5.56 Å². The number of nitrogens with one attached hydrogen (secondary N) is 2. The van der Waals surface area contributed by atoms with Crippen LogP contribution in [-0.2, 0) is 17.8 Å². The van der Waals surface area contributed by atoms with Crippen molar-refractivity contribution in [1.29, 1.82) is 0 Å². The van der Waals surface area contributed by atoms with Crippen LogP contribution in [0.25, 0.3) is 21.0 Å². The van der Waals surface area contributed by atoms with Crippen molar-refractivity contribution < 1.29 is 9.21 Å². The van der Waals surface area contributed by atoms with Gasteiger partial charge in [-0.05, 0) is 60.9 Å². The SMILES string of the molecule is O=C1CCCc2cc(NCc3ccc(-c4nc5ccccc5s4)o3)ccc2N1. The van der Waals surface area contributed by atoms with Gasteiger partial charge < -0.3 is 15.1 Å². The first kappa shape index (κ1) is 17.0. The molecule has 2 N–H and O–H groups in total. The Morgan fingerprint density at radius 2 is 2.04 bits per heavy atom. The van der Waals surface area contributed by atoms with Gasteiger partial charge in [0.1, 0.15) is 5.76 Å². The summed E-state index contributed by atoms with van der Waals surface area (Å²) in [6.07, 6.45) is 2.37. The maximum absolute atomic E-state index is 11.7. The van der Waals surface area contributed by atoms with E-state index < -0.39 is 0 Å². The first-order chi connectivity index (χ1) is 13.7. The van der Waals surface area contributed by atoms with Crippen LogP contribution in [0.4, 0.5) is 11.4 Å². The summed E-state index contributed by atoms with van der Waals surface area (Å²) in [4.78, 5) is 16.3. The van der Waals surface area contributed by atoms with Gasteiger partial charge in [0, 0.05) is 17.8 Å². The number of hydrogen-bond donors (Lipinski definition) is 2.